The van der Waals surface area contributed by atoms with Crippen LogP contribution in [0.4, 0.5) is 0 Å². The Balaban J connectivity index is 1.33. The lowest BCUT2D eigenvalue weighted by atomic mass is 10.0. The average Bonchev–Trinajstić information content (AvgIpc) is 2.96. The first kappa shape index (κ1) is 29.7. The van der Waals surface area contributed by atoms with Crippen LogP contribution in [0.25, 0.3) is 10.8 Å². The molecule has 1 saturated heterocycles. The van der Waals surface area contributed by atoms with Gasteiger partial charge in [0.25, 0.3) is 8.32 Å². The molecular formula is C36H44O4Si. The van der Waals surface area contributed by atoms with Crippen molar-refractivity contribution in [1.82, 2.24) is 0 Å². The van der Waals surface area contributed by atoms with Crippen molar-refractivity contribution in [1.29, 1.82) is 0 Å². The van der Waals surface area contributed by atoms with E-state index in [9.17, 15) is 0 Å². The summed E-state index contributed by atoms with van der Waals surface area (Å²) in [5, 5.41) is 4.92. The van der Waals surface area contributed by atoms with E-state index in [4.69, 9.17) is 18.6 Å². The highest BCUT2D eigenvalue weighted by Crippen LogP contribution is 2.38. The molecule has 1 fully saturated rings. The Labute approximate surface area is 246 Å². The summed E-state index contributed by atoms with van der Waals surface area (Å²) in [6.45, 7) is 14.0. The molecule has 0 N–H and O–H groups in total. The molecule has 5 rings (SSSR count). The van der Waals surface area contributed by atoms with Crippen LogP contribution in [-0.2, 0) is 25.2 Å². The maximum absolute atomic E-state index is 7.21. The number of hydrogen-bond acceptors (Lipinski definition) is 4. The molecule has 216 valence electrons. The molecule has 0 unspecified atom stereocenters. The molecule has 0 saturated carbocycles. The van der Waals surface area contributed by atoms with E-state index < -0.39 is 14.1 Å². The molecule has 0 spiro atoms. The molecule has 0 amide bonds. The van der Waals surface area contributed by atoms with Gasteiger partial charge < -0.3 is 18.6 Å². The molecule has 3 atom stereocenters. The summed E-state index contributed by atoms with van der Waals surface area (Å²) in [4.78, 5) is 0. The van der Waals surface area contributed by atoms with Crippen LogP contribution in [0.1, 0.15) is 53.5 Å². The van der Waals surface area contributed by atoms with Crippen molar-refractivity contribution < 1.29 is 18.6 Å². The normalized spacial score (nSPS) is 20.1. The fourth-order valence-electron chi connectivity index (χ4n) is 6.18. The quantitative estimate of drug-likeness (QED) is 0.200. The first-order valence-corrected chi connectivity index (χ1v) is 16.7. The van der Waals surface area contributed by atoms with Gasteiger partial charge in [-0.05, 0) is 58.6 Å². The molecule has 1 heterocycles. The van der Waals surface area contributed by atoms with E-state index in [-0.39, 0.29) is 23.4 Å². The zero-order valence-corrected chi connectivity index (χ0v) is 26.3. The molecule has 0 bridgehead atoms. The second-order valence-electron chi connectivity index (χ2n) is 12.7. The third kappa shape index (κ3) is 6.66. The van der Waals surface area contributed by atoms with Crippen molar-refractivity contribution in [3.8, 4) is 0 Å². The van der Waals surface area contributed by atoms with Crippen molar-refractivity contribution in [2.45, 2.75) is 83.7 Å². The molecule has 4 aromatic carbocycles. The van der Waals surface area contributed by atoms with Crippen LogP contribution in [0.3, 0.4) is 0 Å². The first-order valence-electron chi connectivity index (χ1n) is 14.8. The zero-order chi connectivity index (χ0) is 29.1. The van der Waals surface area contributed by atoms with Crippen molar-refractivity contribution in [3.63, 3.8) is 0 Å². The van der Waals surface area contributed by atoms with Crippen molar-refractivity contribution in [2.24, 2.45) is 0 Å². The summed E-state index contributed by atoms with van der Waals surface area (Å²) in [5.74, 6) is -0.733. The van der Waals surface area contributed by atoms with E-state index in [2.05, 4.69) is 131 Å². The topological polar surface area (TPSA) is 36.9 Å². The number of rotatable bonds is 9. The van der Waals surface area contributed by atoms with E-state index >= 15 is 0 Å². The largest absolute Gasteiger partial charge is 0.405 e. The molecule has 4 nitrogen and oxygen atoms in total. The molecule has 5 heteroatoms. The highest BCUT2D eigenvalue weighted by Gasteiger charge is 2.51. The molecule has 1 aliphatic rings. The highest BCUT2D eigenvalue weighted by atomic mass is 28.4. The predicted molar refractivity (Wildman–Crippen MR) is 170 cm³/mol. The van der Waals surface area contributed by atoms with Crippen LogP contribution < -0.4 is 10.4 Å². The Morgan fingerprint density at radius 2 is 1.39 bits per heavy atom. The fourth-order valence-corrected chi connectivity index (χ4v) is 10.8. The van der Waals surface area contributed by atoms with E-state index in [0.717, 1.165) is 5.56 Å². The number of fused-ring (bicyclic) bond motifs is 1. The van der Waals surface area contributed by atoms with Crippen molar-refractivity contribution in [2.75, 3.05) is 6.61 Å². The van der Waals surface area contributed by atoms with Gasteiger partial charge in [-0.2, -0.15) is 0 Å². The van der Waals surface area contributed by atoms with Gasteiger partial charge in [0.15, 0.2) is 5.79 Å². The molecule has 0 aromatic heterocycles. The van der Waals surface area contributed by atoms with Crippen LogP contribution in [-0.4, -0.2) is 39.0 Å². The third-order valence-corrected chi connectivity index (χ3v) is 13.1. The summed E-state index contributed by atoms with van der Waals surface area (Å²) in [6, 6.07) is 36.5. The first-order chi connectivity index (χ1) is 19.6. The monoisotopic (exact) mass is 568 g/mol. The van der Waals surface area contributed by atoms with Crippen LogP contribution in [0, 0.1) is 0 Å². The average molecular weight is 569 g/mol. The summed E-state index contributed by atoms with van der Waals surface area (Å²) in [5.41, 5.74) is 1.16. The van der Waals surface area contributed by atoms with Gasteiger partial charge in [-0.1, -0.05) is 118 Å². The number of benzene rings is 4. The van der Waals surface area contributed by atoms with Crippen LogP contribution in [0.15, 0.2) is 103 Å². The molecule has 41 heavy (non-hydrogen) atoms. The molecule has 0 aliphatic carbocycles. The van der Waals surface area contributed by atoms with E-state index in [0.29, 0.717) is 19.6 Å². The Morgan fingerprint density at radius 3 is 2.00 bits per heavy atom. The lowest BCUT2D eigenvalue weighted by Gasteiger charge is -2.46. The van der Waals surface area contributed by atoms with Gasteiger partial charge >= 0.3 is 0 Å². The van der Waals surface area contributed by atoms with E-state index in [1.807, 2.05) is 13.8 Å². The van der Waals surface area contributed by atoms with E-state index in [1.54, 1.807) is 0 Å². The minimum atomic E-state index is -2.66. The van der Waals surface area contributed by atoms with Crippen molar-refractivity contribution >= 4 is 29.5 Å². The summed E-state index contributed by atoms with van der Waals surface area (Å²) in [7, 11) is -2.66. The SMILES string of the molecule is C[C@H](OCc1ccc2ccccc2c1)[C@@H]1C[C@H](CO[Si](c2ccccc2)(c2ccccc2)C(C)(C)C)OC(C)(C)O1. The Bertz CT molecular complexity index is 1370. The second-order valence-corrected chi connectivity index (χ2v) is 17.0. The summed E-state index contributed by atoms with van der Waals surface area (Å²) >= 11 is 0. The Kier molecular flexibility index (Phi) is 8.83. The minimum Gasteiger partial charge on any atom is -0.405 e. The third-order valence-electron chi connectivity index (χ3n) is 8.13. The lowest BCUT2D eigenvalue weighted by molar-refractivity contribution is -0.317. The second kappa shape index (κ2) is 12.2. The van der Waals surface area contributed by atoms with Gasteiger partial charge in [0, 0.05) is 6.42 Å². The van der Waals surface area contributed by atoms with Crippen LogP contribution >= 0.6 is 0 Å². The molecule has 0 radical (unpaired) electrons. The van der Waals surface area contributed by atoms with Crippen LogP contribution in [0.2, 0.25) is 5.04 Å². The van der Waals surface area contributed by atoms with Gasteiger partial charge in [-0.15, -0.1) is 0 Å². The maximum atomic E-state index is 7.21. The summed E-state index contributed by atoms with van der Waals surface area (Å²) in [6.07, 6.45) is 0.393. The van der Waals surface area contributed by atoms with Gasteiger partial charge in [-0.3, -0.25) is 0 Å². The molecule has 4 aromatic rings. The summed E-state index contributed by atoms with van der Waals surface area (Å²) < 4.78 is 26.5. The Morgan fingerprint density at radius 1 is 0.805 bits per heavy atom. The van der Waals surface area contributed by atoms with Crippen molar-refractivity contribution in [3.05, 3.63) is 109 Å². The van der Waals surface area contributed by atoms with Gasteiger partial charge in [0.05, 0.1) is 31.5 Å². The van der Waals surface area contributed by atoms with E-state index in [1.165, 1.54) is 21.1 Å². The maximum Gasteiger partial charge on any atom is 0.261 e. The van der Waals surface area contributed by atoms with Crippen LogP contribution in [0.5, 0.6) is 0 Å². The minimum absolute atomic E-state index is 0.0912. The smallest absolute Gasteiger partial charge is 0.261 e. The highest BCUT2D eigenvalue weighted by molar-refractivity contribution is 6.99. The standard InChI is InChI=1S/C36H44O4Si/c1-27(37-25-28-21-22-29-15-13-14-16-30(29)23-28)34-24-31(39-36(5,6)40-34)26-38-41(35(2,3)4,32-17-9-7-10-18-32)33-19-11-8-12-20-33/h7-23,27,31,34H,24-26H2,1-6H3/t27-,31+,34-/m0/s1. The van der Waals surface area contributed by atoms with Gasteiger partial charge in [0.2, 0.25) is 0 Å². The molecule has 1 aliphatic heterocycles. The zero-order valence-electron chi connectivity index (χ0n) is 25.3. The lowest BCUT2D eigenvalue weighted by Crippen LogP contribution is -2.67. The van der Waals surface area contributed by atoms with Gasteiger partial charge in [0.1, 0.15) is 0 Å². The number of hydrogen-bond donors (Lipinski definition) is 0. The predicted octanol–water partition coefficient (Wildman–Crippen LogP) is 7.23. The Hall–Kier alpha value is -2.80. The molecular weight excluding hydrogens is 524 g/mol. The number of ether oxygens (including phenoxy) is 3. The van der Waals surface area contributed by atoms with Gasteiger partial charge in [-0.25, -0.2) is 0 Å². The fraction of sp³-hybridized carbons (Fsp3) is 0.389.